The number of aromatic nitrogens is 1. The van der Waals surface area contributed by atoms with E-state index in [9.17, 15) is 13.2 Å². The number of nitrogens with one attached hydrogen (secondary N) is 1. The molecular weight excluding hydrogens is 432 g/mol. The molecule has 1 aromatic carbocycles. The Morgan fingerprint density at radius 1 is 1.03 bits per heavy atom. The standard InChI is InChI=1S/C22H24N4O3S2/c27-22(26-12-10-25(11-13-26)17-18-6-8-23-9-7-18)19-3-1-5-21(15-19)31(28,29)24-16-20-4-2-14-30-20/h1-9,14-15,24H,10-13,16-17H2. The molecular formula is C22H24N4O3S2. The van der Waals surface area contributed by atoms with Crippen LogP contribution in [0.3, 0.4) is 0 Å². The zero-order chi connectivity index (χ0) is 21.7. The summed E-state index contributed by atoms with van der Waals surface area (Å²) >= 11 is 1.49. The minimum atomic E-state index is -3.69. The SMILES string of the molecule is O=C(c1cccc(S(=O)(=O)NCc2cccs2)c1)N1CCN(Cc2ccncc2)CC1. The molecule has 4 rings (SSSR count). The van der Waals surface area contributed by atoms with Crippen LogP contribution in [-0.2, 0) is 23.1 Å². The highest BCUT2D eigenvalue weighted by molar-refractivity contribution is 7.89. The number of sulfonamides is 1. The summed E-state index contributed by atoms with van der Waals surface area (Å²) in [5.74, 6) is -0.140. The molecule has 1 N–H and O–H groups in total. The number of hydrogen-bond acceptors (Lipinski definition) is 6. The largest absolute Gasteiger partial charge is 0.336 e. The third-order valence-corrected chi connectivity index (χ3v) is 7.50. The molecule has 7 nitrogen and oxygen atoms in total. The zero-order valence-electron chi connectivity index (χ0n) is 17.0. The molecule has 0 aliphatic carbocycles. The number of hydrogen-bond donors (Lipinski definition) is 1. The first-order chi connectivity index (χ1) is 15.0. The molecule has 3 heterocycles. The lowest BCUT2D eigenvalue weighted by atomic mass is 10.1. The van der Waals surface area contributed by atoms with Crippen molar-refractivity contribution >= 4 is 27.3 Å². The van der Waals surface area contributed by atoms with Gasteiger partial charge in [0.1, 0.15) is 0 Å². The van der Waals surface area contributed by atoms with E-state index in [0.717, 1.165) is 24.5 Å². The first kappa shape index (κ1) is 21.6. The van der Waals surface area contributed by atoms with Gasteiger partial charge in [-0.3, -0.25) is 14.7 Å². The minimum Gasteiger partial charge on any atom is -0.336 e. The Hall–Kier alpha value is -2.59. The molecule has 162 valence electrons. The van der Waals surface area contributed by atoms with Gasteiger partial charge in [0.05, 0.1) is 4.90 Å². The van der Waals surface area contributed by atoms with E-state index in [0.29, 0.717) is 18.7 Å². The highest BCUT2D eigenvalue weighted by Gasteiger charge is 2.23. The van der Waals surface area contributed by atoms with Crippen molar-refractivity contribution in [3.05, 3.63) is 82.3 Å². The van der Waals surface area contributed by atoms with Gasteiger partial charge in [0.25, 0.3) is 5.91 Å². The monoisotopic (exact) mass is 456 g/mol. The van der Waals surface area contributed by atoms with Crippen molar-refractivity contribution in [2.75, 3.05) is 26.2 Å². The van der Waals surface area contributed by atoms with Crippen molar-refractivity contribution < 1.29 is 13.2 Å². The van der Waals surface area contributed by atoms with E-state index in [2.05, 4.69) is 14.6 Å². The summed E-state index contributed by atoms with van der Waals surface area (Å²) in [6.45, 7) is 3.82. The molecule has 1 saturated heterocycles. The maximum absolute atomic E-state index is 13.0. The third-order valence-electron chi connectivity index (χ3n) is 5.22. The molecule has 31 heavy (non-hydrogen) atoms. The highest BCUT2D eigenvalue weighted by Crippen LogP contribution is 2.17. The van der Waals surface area contributed by atoms with E-state index in [1.807, 2.05) is 29.6 Å². The molecule has 1 aliphatic rings. The van der Waals surface area contributed by atoms with Crippen LogP contribution in [0.25, 0.3) is 0 Å². The van der Waals surface area contributed by atoms with Crippen LogP contribution in [0.1, 0.15) is 20.8 Å². The Morgan fingerprint density at radius 3 is 2.52 bits per heavy atom. The van der Waals surface area contributed by atoms with Gasteiger partial charge in [-0.1, -0.05) is 12.1 Å². The van der Waals surface area contributed by atoms with Crippen molar-refractivity contribution in [2.45, 2.75) is 18.0 Å². The van der Waals surface area contributed by atoms with Gasteiger partial charge in [-0.15, -0.1) is 11.3 Å². The van der Waals surface area contributed by atoms with Gasteiger partial charge in [-0.25, -0.2) is 13.1 Å². The summed E-state index contributed by atoms with van der Waals surface area (Å²) < 4.78 is 27.9. The first-order valence-electron chi connectivity index (χ1n) is 10.0. The van der Waals surface area contributed by atoms with Crippen LogP contribution in [0.15, 0.2) is 71.2 Å². The number of piperazine rings is 1. The van der Waals surface area contributed by atoms with Gasteiger partial charge < -0.3 is 4.90 Å². The number of pyridine rings is 1. The molecule has 0 saturated carbocycles. The molecule has 0 unspecified atom stereocenters. The molecule has 1 aliphatic heterocycles. The number of benzene rings is 1. The van der Waals surface area contributed by atoms with Gasteiger partial charge in [0.15, 0.2) is 0 Å². The van der Waals surface area contributed by atoms with Crippen molar-refractivity contribution in [3.63, 3.8) is 0 Å². The number of carbonyl (C=O) groups excluding carboxylic acids is 1. The predicted molar refractivity (Wildman–Crippen MR) is 120 cm³/mol. The number of thiophene rings is 1. The maximum Gasteiger partial charge on any atom is 0.253 e. The average Bonchev–Trinajstić information content (AvgIpc) is 3.33. The molecule has 1 amide bonds. The Kier molecular flexibility index (Phi) is 6.77. The lowest BCUT2D eigenvalue weighted by Gasteiger charge is -2.34. The first-order valence-corrected chi connectivity index (χ1v) is 12.4. The van der Waals surface area contributed by atoms with Crippen molar-refractivity contribution in [1.82, 2.24) is 19.5 Å². The van der Waals surface area contributed by atoms with Gasteiger partial charge in [0.2, 0.25) is 10.0 Å². The van der Waals surface area contributed by atoms with E-state index in [-0.39, 0.29) is 17.3 Å². The smallest absolute Gasteiger partial charge is 0.253 e. The van der Waals surface area contributed by atoms with Crippen LogP contribution < -0.4 is 4.72 Å². The van der Waals surface area contributed by atoms with Crippen molar-refractivity contribution in [1.29, 1.82) is 0 Å². The van der Waals surface area contributed by atoms with Crippen LogP contribution in [-0.4, -0.2) is 55.3 Å². The molecule has 0 atom stereocenters. The number of amides is 1. The van der Waals surface area contributed by atoms with E-state index >= 15 is 0 Å². The van der Waals surface area contributed by atoms with Crippen LogP contribution in [0.5, 0.6) is 0 Å². The second kappa shape index (κ2) is 9.69. The Morgan fingerprint density at radius 2 is 1.81 bits per heavy atom. The Balaban J connectivity index is 1.37. The zero-order valence-corrected chi connectivity index (χ0v) is 18.6. The highest BCUT2D eigenvalue weighted by atomic mass is 32.2. The predicted octanol–water partition coefficient (Wildman–Crippen LogP) is 2.58. The van der Waals surface area contributed by atoms with E-state index in [4.69, 9.17) is 0 Å². The lowest BCUT2D eigenvalue weighted by molar-refractivity contribution is 0.0628. The molecule has 0 bridgehead atoms. The summed E-state index contributed by atoms with van der Waals surface area (Å²) in [5.41, 5.74) is 1.59. The van der Waals surface area contributed by atoms with E-state index in [1.54, 1.807) is 29.4 Å². The lowest BCUT2D eigenvalue weighted by Crippen LogP contribution is -2.48. The number of rotatable bonds is 7. The average molecular weight is 457 g/mol. The van der Waals surface area contributed by atoms with Gasteiger partial charge in [-0.2, -0.15) is 0 Å². The maximum atomic E-state index is 13.0. The molecule has 3 aromatic rings. The Labute approximate surface area is 186 Å². The van der Waals surface area contributed by atoms with E-state index in [1.165, 1.54) is 29.0 Å². The van der Waals surface area contributed by atoms with Gasteiger partial charge >= 0.3 is 0 Å². The van der Waals surface area contributed by atoms with Crippen LogP contribution in [0, 0.1) is 0 Å². The molecule has 1 fully saturated rings. The summed E-state index contributed by atoms with van der Waals surface area (Å²) in [6, 6.07) is 14.0. The summed E-state index contributed by atoms with van der Waals surface area (Å²) in [4.78, 5) is 22.1. The molecule has 0 spiro atoms. The topological polar surface area (TPSA) is 82.6 Å². The number of nitrogens with zero attached hydrogens (tertiary/aromatic N) is 3. The second-order valence-electron chi connectivity index (χ2n) is 7.36. The van der Waals surface area contributed by atoms with Crippen LogP contribution >= 0.6 is 11.3 Å². The quantitative estimate of drug-likeness (QED) is 0.591. The summed E-state index contributed by atoms with van der Waals surface area (Å²) in [6.07, 6.45) is 3.57. The molecule has 9 heteroatoms. The Bertz CT molecular complexity index is 1110. The molecule has 2 aromatic heterocycles. The van der Waals surface area contributed by atoms with Crippen LogP contribution in [0.4, 0.5) is 0 Å². The van der Waals surface area contributed by atoms with Crippen LogP contribution in [0.2, 0.25) is 0 Å². The van der Waals surface area contributed by atoms with Crippen molar-refractivity contribution in [3.8, 4) is 0 Å². The fraction of sp³-hybridized carbons (Fsp3) is 0.273. The fourth-order valence-electron chi connectivity index (χ4n) is 3.50. The third kappa shape index (κ3) is 5.56. The van der Waals surface area contributed by atoms with E-state index < -0.39 is 10.0 Å². The minimum absolute atomic E-state index is 0.103. The fourth-order valence-corrected chi connectivity index (χ4v) is 5.28. The van der Waals surface area contributed by atoms with Gasteiger partial charge in [0, 0.05) is 62.1 Å². The van der Waals surface area contributed by atoms with Crippen molar-refractivity contribution in [2.24, 2.45) is 0 Å². The normalized spacial score (nSPS) is 15.2. The second-order valence-corrected chi connectivity index (χ2v) is 10.2. The summed E-state index contributed by atoms with van der Waals surface area (Å²) in [7, 11) is -3.69. The van der Waals surface area contributed by atoms with Gasteiger partial charge in [-0.05, 0) is 47.3 Å². The molecule has 0 radical (unpaired) electrons. The summed E-state index contributed by atoms with van der Waals surface area (Å²) in [5, 5.41) is 1.90. The number of carbonyl (C=O) groups is 1.